The number of benzene rings is 3. The SMILES string of the molecule is C#CC(CC)(CCCc1cccc(Cc2ccccc2)c1)c1ccc(F)cc1. The Morgan fingerprint density at radius 3 is 2.21 bits per heavy atom. The standard InChI is InChI=1S/C27H27F/c1-3-27(4-2,25-15-17-26(28)18-16-25)19-9-14-23-12-8-13-24(21-23)20-22-10-6-5-7-11-22/h1,5-8,10-13,15-18,21H,4,9,14,19-20H2,2H3. The third-order valence-electron chi connectivity index (χ3n) is 5.59. The van der Waals surface area contributed by atoms with E-state index >= 15 is 0 Å². The lowest BCUT2D eigenvalue weighted by atomic mass is 9.75. The van der Waals surface area contributed by atoms with Crippen LogP contribution in [0.1, 0.15) is 48.4 Å². The Morgan fingerprint density at radius 1 is 0.857 bits per heavy atom. The third-order valence-corrected chi connectivity index (χ3v) is 5.59. The minimum absolute atomic E-state index is 0.221. The van der Waals surface area contributed by atoms with Crippen LogP contribution in [0.25, 0.3) is 0 Å². The summed E-state index contributed by atoms with van der Waals surface area (Å²) in [5.41, 5.74) is 4.72. The molecule has 0 bridgehead atoms. The molecule has 28 heavy (non-hydrogen) atoms. The van der Waals surface area contributed by atoms with Crippen molar-refractivity contribution in [1.82, 2.24) is 0 Å². The normalized spacial score (nSPS) is 12.9. The van der Waals surface area contributed by atoms with Crippen molar-refractivity contribution >= 4 is 0 Å². The second-order valence-corrected chi connectivity index (χ2v) is 7.42. The van der Waals surface area contributed by atoms with Crippen molar-refractivity contribution in [1.29, 1.82) is 0 Å². The maximum atomic E-state index is 13.3. The second kappa shape index (κ2) is 9.38. The van der Waals surface area contributed by atoms with Gasteiger partial charge in [-0.1, -0.05) is 79.6 Å². The molecule has 0 fully saturated rings. The van der Waals surface area contributed by atoms with Crippen molar-refractivity contribution in [3.63, 3.8) is 0 Å². The molecule has 142 valence electrons. The zero-order valence-electron chi connectivity index (χ0n) is 16.5. The summed E-state index contributed by atoms with van der Waals surface area (Å²) >= 11 is 0. The molecule has 0 saturated carbocycles. The van der Waals surface area contributed by atoms with E-state index < -0.39 is 0 Å². The third kappa shape index (κ3) is 4.90. The lowest BCUT2D eigenvalue weighted by molar-refractivity contribution is 0.472. The maximum Gasteiger partial charge on any atom is 0.123 e. The molecule has 1 heteroatoms. The van der Waals surface area contributed by atoms with Crippen molar-refractivity contribution in [2.45, 2.75) is 44.4 Å². The van der Waals surface area contributed by atoms with E-state index in [9.17, 15) is 4.39 Å². The van der Waals surface area contributed by atoms with Gasteiger partial charge in [-0.15, -0.1) is 6.42 Å². The topological polar surface area (TPSA) is 0 Å². The number of hydrogen-bond donors (Lipinski definition) is 0. The van der Waals surface area contributed by atoms with Gasteiger partial charge in [0.15, 0.2) is 0 Å². The predicted molar refractivity (Wildman–Crippen MR) is 116 cm³/mol. The highest BCUT2D eigenvalue weighted by molar-refractivity contribution is 5.35. The fourth-order valence-corrected chi connectivity index (χ4v) is 3.87. The Bertz CT molecular complexity index is 918. The highest BCUT2D eigenvalue weighted by Crippen LogP contribution is 2.33. The van der Waals surface area contributed by atoms with Gasteiger partial charge >= 0.3 is 0 Å². The number of rotatable bonds is 8. The van der Waals surface area contributed by atoms with Gasteiger partial charge in [0.2, 0.25) is 0 Å². The first-order chi connectivity index (χ1) is 13.6. The van der Waals surface area contributed by atoms with Gasteiger partial charge in [0.1, 0.15) is 5.82 Å². The summed E-state index contributed by atoms with van der Waals surface area (Å²) in [4.78, 5) is 0. The lowest BCUT2D eigenvalue weighted by Gasteiger charge is -2.28. The fraction of sp³-hybridized carbons (Fsp3) is 0.259. The molecule has 0 heterocycles. The molecule has 0 nitrogen and oxygen atoms in total. The Hall–Kier alpha value is -2.85. The van der Waals surface area contributed by atoms with Crippen LogP contribution in [0, 0.1) is 18.2 Å². The monoisotopic (exact) mass is 370 g/mol. The van der Waals surface area contributed by atoms with E-state index in [0.717, 1.165) is 37.7 Å². The average Bonchev–Trinajstić information content (AvgIpc) is 2.73. The minimum atomic E-state index is -0.324. The van der Waals surface area contributed by atoms with Gasteiger partial charge in [0.05, 0.1) is 5.41 Å². The summed E-state index contributed by atoms with van der Waals surface area (Å²) in [6.45, 7) is 2.11. The molecule has 0 aromatic heterocycles. The second-order valence-electron chi connectivity index (χ2n) is 7.42. The number of hydrogen-bond acceptors (Lipinski definition) is 0. The van der Waals surface area contributed by atoms with Crippen LogP contribution in [-0.2, 0) is 18.3 Å². The summed E-state index contributed by atoms with van der Waals surface area (Å²) in [6.07, 6.45) is 10.6. The lowest BCUT2D eigenvalue weighted by Crippen LogP contribution is -2.23. The molecule has 3 aromatic rings. The first-order valence-corrected chi connectivity index (χ1v) is 10.0. The van der Waals surface area contributed by atoms with Gasteiger partial charge in [-0.3, -0.25) is 0 Å². The molecule has 0 amide bonds. The van der Waals surface area contributed by atoms with Crippen LogP contribution < -0.4 is 0 Å². The summed E-state index contributed by atoms with van der Waals surface area (Å²) in [7, 11) is 0. The van der Waals surface area contributed by atoms with Crippen LogP contribution >= 0.6 is 0 Å². The van der Waals surface area contributed by atoms with E-state index in [0.29, 0.717) is 0 Å². The smallest absolute Gasteiger partial charge is 0.123 e. The van der Waals surface area contributed by atoms with Crippen LogP contribution in [0.15, 0.2) is 78.9 Å². The molecular weight excluding hydrogens is 343 g/mol. The number of halogens is 1. The van der Waals surface area contributed by atoms with Crippen LogP contribution in [0.3, 0.4) is 0 Å². The number of terminal acetylenes is 1. The van der Waals surface area contributed by atoms with E-state index in [-0.39, 0.29) is 11.2 Å². The molecule has 1 unspecified atom stereocenters. The van der Waals surface area contributed by atoms with Gasteiger partial charge in [-0.25, -0.2) is 4.39 Å². The molecule has 0 aliphatic rings. The van der Waals surface area contributed by atoms with E-state index in [4.69, 9.17) is 6.42 Å². The first-order valence-electron chi connectivity index (χ1n) is 10.0. The van der Waals surface area contributed by atoms with Gasteiger partial charge in [-0.2, -0.15) is 0 Å². The predicted octanol–water partition coefficient (Wildman–Crippen LogP) is 6.72. The van der Waals surface area contributed by atoms with Crippen molar-refractivity contribution in [3.05, 3.63) is 107 Å². The highest BCUT2D eigenvalue weighted by Gasteiger charge is 2.27. The van der Waals surface area contributed by atoms with Crippen molar-refractivity contribution in [2.24, 2.45) is 0 Å². The maximum absolute atomic E-state index is 13.3. The first kappa shape index (κ1) is 19.9. The quantitative estimate of drug-likeness (QED) is 0.386. The molecular formula is C27H27F. The van der Waals surface area contributed by atoms with Gasteiger partial charge < -0.3 is 0 Å². The highest BCUT2D eigenvalue weighted by atomic mass is 19.1. The van der Waals surface area contributed by atoms with E-state index in [1.807, 2.05) is 18.2 Å². The van der Waals surface area contributed by atoms with Crippen LogP contribution in [-0.4, -0.2) is 0 Å². The van der Waals surface area contributed by atoms with Crippen LogP contribution in [0.4, 0.5) is 4.39 Å². The molecule has 1 atom stereocenters. The molecule has 3 aromatic carbocycles. The van der Waals surface area contributed by atoms with Crippen molar-refractivity contribution in [3.8, 4) is 12.3 Å². The molecule has 0 saturated heterocycles. The molecule has 0 N–H and O–H groups in total. The van der Waals surface area contributed by atoms with E-state index in [1.54, 1.807) is 0 Å². The molecule has 0 spiro atoms. The summed E-state index contributed by atoms with van der Waals surface area (Å²) < 4.78 is 13.3. The van der Waals surface area contributed by atoms with E-state index in [2.05, 4.69) is 61.4 Å². The average molecular weight is 371 g/mol. The van der Waals surface area contributed by atoms with Gasteiger partial charge in [0, 0.05) is 0 Å². The van der Waals surface area contributed by atoms with Gasteiger partial charge in [0.25, 0.3) is 0 Å². The van der Waals surface area contributed by atoms with Crippen LogP contribution in [0.2, 0.25) is 0 Å². The largest absolute Gasteiger partial charge is 0.207 e. The Labute approximate surface area is 168 Å². The Kier molecular flexibility index (Phi) is 6.66. The van der Waals surface area contributed by atoms with Gasteiger partial charge in [-0.05, 0) is 66.5 Å². The van der Waals surface area contributed by atoms with Crippen molar-refractivity contribution < 1.29 is 4.39 Å². The molecule has 0 radical (unpaired) electrons. The molecule has 0 aliphatic carbocycles. The van der Waals surface area contributed by atoms with E-state index in [1.165, 1.54) is 28.8 Å². The summed E-state index contributed by atoms with van der Waals surface area (Å²) in [6, 6.07) is 26.0. The molecule has 3 rings (SSSR count). The Morgan fingerprint density at radius 2 is 1.54 bits per heavy atom. The fourth-order valence-electron chi connectivity index (χ4n) is 3.87. The Balaban J connectivity index is 1.65. The minimum Gasteiger partial charge on any atom is -0.207 e. The van der Waals surface area contributed by atoms with Crippen LogP contribution in [0.5, 0.6) is 0 Å². The number of aryl methyl sites for hydroxylation is 1. The van der Waals surface area contributed by atoms with Crippen molar-refractivity contribution in [2.75, 3.05) is 0 Å². The summed E-state index contributed by atoms with van der Waals surface area (Å²) in [5.74, 6) is 2.79. The summed E-state index contributed by atoms with van der Waals surface area (Å²) in [5, 5.41) is 0. The molecule has 0 aliphatic heterocycles. The zero-order chi connectivity index (χ0) is 19.8. The zero-order valence-corrected chi connectivity index (χ0v) is 16.5.